The molecule has 124 valence electrons. The highest BCUT2D eigenvalue weighted by molar-refractivity contribution is 6.31. The first kappa shape index (κ1) is 15.1. The molecule has 2 aromatic carbocycles. The van der Waals surface area contributed by atoms with E-state index < -0.39 is 11.9 Å². The highest BCUT2D eigenvalue weighted by Gasteiger charge is 2.34. The molecule has 0 radical (unpaired) electrons. The fraction of sp³-hybridized carbons (Fsp3) is 0.111. The monoisotopic (exact) mass is 336 g/mol. The van der Waals surface area contributed by atoms with Gasteiger partial charge in [-0.25, -0.2) is 14.2 Å². The average molecular weight is 336 g/mol. The molecule has 2 heterocycles. The van der Waals surface area contributed by atoms with E-state index in [1.165, 1.54) is 0 Å². The van der Waals surface area contributed by atoms with Crippen LogP contribution in [0.5, 0.6) is 5.75 Å². The van der Waals surface area contributed by atoms with Gasteiger partial charge in [-0.05, 0) is 45.7 Å². The van der Waals surface area contributed by atoms with Gasteiger partial charge in [0.1, 0.15) is 16.8 Å². The van der Waals surface area contributed by atoms with E-state index in [2.05, 4.69) is 14.9 Å². The number of methoxy groups -OCH3 is 1. The molecule has 0 bridgehead atoms. The van der Waals surface area contributed by atoms with Crippen LogP contribution in [-0.2, 0) is 20.7 Å². The molecule has 3 aromatic rings. The van der Waals surface area contributed by atoms with Crippen LogP contribution in [0.25, 0.3) is 16.6 Å². The number of ether oxygens (including phenoxy) is 2. The number of rotatable bonds is 4. The maximum absolute atomic E-state index is 12.2. The Hall–Kier alpha value is -3.48. The number of cyclic esters (lactones) is 2. The number of esters is 2. The van der Waals surface area contributed by atoms with Crippen LogP contribution in [0.2, 0.25) is 0 Å². The normalized spacial score (nSPS) is 14.3. The second kappa shape index (κ2) is 5.86. The number of fused-ring (bicyclic) bond motifs is 1. The van der Waals surface area contributed by atoms with Crippen molar-refractivity contribution in [3.63, 3.8) is 0 Å². The molecule has 0 saturated heterocycles. The molecule has 0 saturated carbocycles. The van der Waals surface area contributed by atoms with E-state index in [0.29, 0.717) is 27.9 Å². The van der Waals surface area contributed by atoms with Crippen LogP contribution < -0.4 is 4.74 Å². The second-order valence-electron chi connectivity index (χ2n) is 5.52. The maximum atomic E-state index is 12.2. The highest BCUT2D eigenvalue weighted by atomic mass is 16.6. The lowest BCUT2D eigenvalue weighted by atomic mass is 9.96. The van der Waals surface area contributed by atoms with Gasteiger partial charge in [-0.2, -0.15) is 0 Å². The van der Waals surface area contributed by atoms with E-state index in [0.717, 1.165) is 5.56 Å². The van der Waals surface area contributed by atoms with Gasteiger partial charge in [-0.3, -0.25) is 0 Å². The third kappa shape index (κ3) is 2.65. The average Bonchev–Trinajstić information content (AvgIpc) is 3.19. The van der Waals surface area contributed by atoms with Crippen LogP contribution in [-0.4, -0.2) is 29.4 Å². The Morgan fingerprint density at radius 1 is 0.960 bits per heavy atom. The first-order valence-electron chi connectivity index (χ1n) is 7.51. The van der Waals surface area contributed by atoms with E-state index in [1.807, 2.05) is 12.1 Å². The lowest BCUT2D eigenvalue weighted by molar-refractivity contribution is -0.150. The summed E-state index contributed by atoms with van der Waals surface area (Å²) >= 11 is 0. The van der Waals surface area contributed by atoms with E-state index in [9.17, 15) is 9.59 Å². The van der Waals surface area contributed by atoms with Crippen molar-refractivity contribution in [1.29, 1.82) is 0 Å². The number of nitrogens with zero attached hydrogens (tertiary/aromatic N) is 2. The first-order chi connectivity index (χ1) is 12.2. The number of hydrogen-bond donors (Lipinski definition) is 0. The molecule has 0 fully saturated rings. The van der Waals surface area contributed by atoms with Gasteiger partial charge in [-0.15, -0.1) is 0 Å². The Morgan fingerprint density at radius 3 is 2.48 bits per heavy atom. The van der Waals surface area contributed by atoms with Crippen LogP contribution in [0.15, 0.2) is 52.7 Å². The Balaban J connectivity index is 1.76. The van der Waals surface area contributed by atoms with Gasteiger partial charge in [0, 0.05) is 6.42 Å². The summed E-state index contributed by atoms with van der Waals surface area (Å²) in [7, 11) is 1.58. The Labute approximate surface area is 141 Å². The first-order valence-corrected chi connectivity index (χ1v) is 7.51. The van der Waals surface area contributed by atoms with Crippen LogP contribution in [0.3, 0.4) is 0 Å². The molecule has 25 heavy (non-hydrogen) atoms. The van der Waals surface area contributed by atoms with Crippen molar-refractivity contribution in [2.24, 2.45) is 0 Å². The Bertz CT molecular complexity index is 1020. The lowest BCUT2D eigenvalue weighted by Gasteiger charge is -2.05. The molecule has 7 heteroatoms. The predicted octanol–water partition coefficient (Wildman–Crippen LogP) is 2.31. The lowest BCUT2D eigenvalue weighted by Crippen LogP contribution is -2.03. The number of carbonyl (C=O) groups excluding carboxylic acids is 2. The van der Waals surface area contributed by atoms with Crippen molar-refractivity contribution >= 4 is 28.5 Å². The van der Waals surface area contributed by atoms with Crippen LogP contribution in [0, 0.1) is 0 Å². The largest absolute Gasteiger partial charge is 0.497 e. The van der Waals surface area contributed by atoms with E-state index in [1.54, 1.807) is 37.4 Å². The standard InChI is InChI=1S/C18H12N2O5/c1-23-12-5-2-10(3-6-12)8-13-16(18(22)24-17(13)21)11-4-7-14-15(9-11)20-25-19-14/h2-7,9H,8H2,1H3. The fourth-order valence-corrected chi connectivity index (χ4v) is 2.76. The van der Waals surface area contributed by atoms with Gasteiger partial charge in [0.05, 0.1) is 18.3 Å². The van der Waals surface area contributed by atoms with Crippen molar-refractivity contribution in [2.75, 3.05) is 7.11 Å². The van der Waals surface area contributed by atoms with Crippen molar-refractivity contribution in [2.45, 2.75) is 6.42 Å². The maximum Gasteiger partial charge on any atom is 0.347 e. The predicted molar refractivity (Wildman–Crippen MR) is 86.5 cm³/mol. The summed E-state index contributed by atoms with van der Waals surface area (Å²) in [5, 5.41) is 7.49. The van der Waals surface area contributed by atoms with E-state index in [-0.39, 0.29) is 12.0 Å². The molecule has 0 atom stereocenters. The van der Waals surface area contributed by atoms with Crippen molar-refractivity contribution in [3.8, 4) is 5.75 Å². The molecule has 0 N–H and O–H groups in total. The summed E-state index contributed by atoms with van der Waals surface area (Å²) in [6.45, 7) is 0. The second-order valence-corrected chi connectivity index (χ2v) is 5.52. The number of benzene rings is 2. The summed E-state index contributed by atoms with van der Waals surface area (Å²) < 4.78 is 14.6. The minimum atomic E-state index is -0.663. The number of hydrogen-bond acceptors (Lipinski definition) is 7. The topological polar surface area (TPSA) is 91.5 Å². The van der Waals surface area contributed by atoms with Gasteiger partial charge >= 0.3 is 11.9 Å². The van der Waals surface area contributed by atoms with Gasteiger partial charge in [0.15, 0.2) is 0 Å². The van der Waals surface area contributed by atoms with Crippen molar-refractivity contribution in [1.82, 2.24) is 10.3 Å². The summed E-state index contributed by atoms with van der Waals surface area (Å²) in [5.41, 5.74) is 3.03. The molecular formula is C18H12N2O5. The molecular weight excluding hydrogens is 324 g/mol. The highest BCUT2D eigenvalue weighted by Crippen LogP contribution is 2.31. The Morgan fingerprint density at radius 2 is 1.72 bits per heavy atom. The molecule has 4 rings (SSSR count). The van der Waals surface area contributed by atoms with Gasteiger partial charge in [-0.1, -0.05) is 18.2 Å². The van der Waals surface area contributed by atoms with Gasteiger partial charge in [0.2, 0.25) is 0 Å². The van der Waals surface area contributed by atoms with Gasteiger partial charge in [0.25, 0.3) is 0 Å². The molecule has 7 nitrogen and oxygen atoms in total. The molecule has 1 aliphatic rings. The minimum Gasteiger partial charge on any atom is -0.497 e. The summed E-state index contributed by atoms with van der Waals surface area (Å²) in [6, 6.07) is 12.3. The quantitative estimate of drug-likeness (QED) is 0.533. The third-order valence-electron chi connectivity index (χ3n) is 4.02. The third-order valence-corrected chi connectivity index (χ3v) is 4.02. The zero-order chi connectivity index (χ0) is 17.4. The molecule has 0 spiro atoms. The summed E-state index contributed by atoms with van der Waals surface area (Å²) in [5.74, 6) is -0.578. The molecule has 1 aromatic heterocycles. The Kier molecular flexibility index (Phi) is 3.53. The van der Waals surface area contributed by atoms with Gasteiger partial charge < -0.3 is 9.47 Å². The summed E-state index contributed by atoms with van der Waals surface area (Å²) in [6.07, 6.45) is 0.277. The van der Waals surface area contributed by atoms with E-state index >= 15 is 0 Å². The van der Waals surface area contributed by atoms with Crippen LogP contribution in [0.4, 0.5) is 0 Å². The van der Waals surface area contributed by atoms with E-state index in [4.69, 9.17) is 9.47 Å². The fourth-order valence-electron chi connectivity index (χ4n) is 2.76. The van der Waals surface area contributed by atoms with Crippen molar-refractivity contribution in [3.05, 3.63) is 59.2 Å². The SMILES string of the molecule is COc1ccc(CC2=C(c3ccc4nonc4c3)C(=O)OC2=O)cc1. The number of carbonyl (C=O) groups is 2. The number of aromatic nitrogens is 2. The van der Waals surface area contributed by atoms with Crippen LogP contribution >= 0.6 is 0 Å². The molecule has 0 unspecified atom stereocenters. The summed E-state index contributed by atoms with van der Waals surface area (Å²) in [4.78, 5) is 24.3. The zero-order valence-electron chi connectivity index (χ0n) is 13.2. The van der Waals surface area contributed by atoms with Crippen LogP contribution in [0.1, 0.15) is 11.1 Å². The minimum absolute atomic E-state index is 0.241. The molecule has 0 amide bonds. The zero-order valence-corrected chi connectivity index (χ0v) is 13.2. The smallest absolute Gasteiger partial charge is 0.347 e. The molecule has 1 aliphatic heterocycles. The van der Waals surface area contributed by atoms with Crippen molar-refractivity contribution < 1.29 is 23.7 Å². The molecule has 0 aliphatic carbocycles.